The van der Waals surface area contributed by atoms with Crippen LogP contribution in [-0.4, -0.2) is 26.8 Å². The highest BCUT2D eigenvalue weighted by molar-refractivity contribution is 6.38. The Morgan fingerprint density at radius 3 is 2.84 bits per heavy atom. The fraction of sp³-hybridized carbons (Fsp3) is 0.364. The van der Waals surface area contributed by atoms with E-state index in [1.54, 1.807) is 29.9 Å². The molecule has 0 spiro atoms. The third kappa shape index (κ3) is 3.34. The van der Waals surface area contributed by atoms with Crippen molar-refractivity contribution in [1.82, 2.24) is 9.78 Å². The number of rotatable bonds is 4. The van der Waals surface area contributed by atoms with E-state index >= 15 is 0 Å². The summed E-state index contributed by atoms with van der Waals surface area (Å²) >= 11 is 11.9. The molecule has 0 saturated heterocycles. The Labute approximate surface area is 119 Å². The number of benzene rings is 1. The van der Waals surface area contributed by atoms with Gasteiger partial charge in [0, 0.05) is 21.5 Å². The maximum absolute atomic E-state index is 10.5. The van der Waals surface area contributed by atoms with Crippen LogP contribution in [0.1, 0.15) is 6.92 Å². The zero-order chi connectivity index (χ0) is 14.2. The number of nitrogens with two attached hydrogens (primary N) is 1. The molecule has 0 radical (unpaired) electrons. The van der Waals surface area contributed by atoms with Gasteiger partial charge in [-0.15, -0.1) is 0 Å². The Balaban J connectivity index is 2.32. The lowest BCUT2D eigenvalue weighted by molar-refractivity contribution is -0.489. The van der Waals surface area contributed by atoms with E-state index in [0.29, 0.717) is 15.6 Å². The summed E-state index contributed by atoms with van der Waals surface area (Å²) in [5, 5.41) is 16.5. The Hall–Kier alpha value is -1.37. The molecule has 0 saturated carbocycles. The normalized spacial score (nSPS) is 14.5. The van der Waals surface area contributed by atoms with Crippen LogP contribution in [0.15, 0.2) is 18.3 Å². The van der Waals surface area contributed by atoms with Gasteiger partial charge in [-0.05, 0) is 19.1 Å². The summed E-state index contributed by atoms with van der Waals surface area (Å²) in [6, 6.07) is 3.33. The molecule has 1 aromatic carbocycles. The average Bonchev–Trinajstić information content (AvgIpc) is 2.56. The summed E-state index contributed by atoms with van der Waals surface area (Å²) < 4.78 is 1.55. The first kappa shape index (κ1) is 14.0. The second-order valence-corrected chi connectivity index (χ2v) is 5.64. The Morgan fingerprint density at radius 1 is 1.53 bits per heavy atom. The molecule has 1 heterocycles. The number of fused-ring (bicyclic) bond motifs is 1. The summed E-state index contributed by atoms with van der Waals surface area (Å²) in [6.45, 7) is 1.49. The summed E-state index contributed by atoms with van der Waals surface area (Å²) in [5.74, 6) is 0. The lowest BCUT2D eigenvalue weighted by Crippen LogP contribution is -2.47. The molecule has 0 aliphatic carbocycles. The molecule has 8 heteroatoms. The largest absolute Gasteiger partial charge is 0.318 e. The first-order valence-corrected chi connectivity index (χ1v) is 6.25. The zero-order valence-electron chi connectivity index (χ0n) is 10.1. The van der Waals surface area contributed by atoms with Crippen LogP contribution in [0.2, 0.25) is 10.0 Å². The molecule has 0 aliphatic rings. The molecule has 1 unspecified atom stereocenters. The maximum atomic E-state index is 10.5. The number of hydrogen-bond donors (Lipinski definition) is 1. The Kier molecular flexibility index (Phi) is 3.66. The van der Waals surface area contributed by atoms with Gasteiger partial charge in [-0.1, -0.05) is 23.2 Å². The van der Waals surface area contributed by atoms with Gasteiger partial charge < -0.3 is 5.73 Å². The molecule has 0 amide bonds. The lowest BCUT2D eigenvalue weighted by atomic mass is 10.1. The van der Waals surface area contributed by atoms with Crippen molar-refractivity contribution in [3.63, 3.8) is 0 Å². The second-order valence-electron chi connectivity index (χ2n) is 4.80. The number of aromatic nitrogens is 2. The van der Waals surface area contributed by atoms with Crippen LogP contribution in [-0.2, 0) is 6.54 Å². The van der Waals surface area contributed by atoms with Crippen LogP contribution in [0.5, 0.6) is 0 Å². The highest BCUT2D eigenvalue weighted by Gasteiger charge is 2.26. The highest BCUT2D eigenvalue weighted by atomic mass is 35.5. The van der Waals surface area contributed by atoms with Crippen LogP contribution < -0.4 is 5.73 Å². The van der Waals surface area contributed by atoms with E-state index in [0.717, 1.165) is 5.39 Å². The van der Waals surface area contributed by atoms with Crippen LogP contribution in [0.25, 0.3) is 10.9 Å². The smallest absolute Gasteiger partial charge is 0.223 e. The molecule has 2 aromatic rings. The van der Waals surface area contributed by atoms with E-state index in [2.05, 4.69) is 5.10 Å². The molecule has 0 aliphatic heterocycles. The number of halogens is 2. The third-order valence-electron chi connectivity index (χ3n) is 2.59. The molecule has 19 heavy (non-hydrogen) atoms. The van der Waals surface area contributed by atoms with Gasteiger partial charge in [-0.2, -0.15) is 5.10 Å². The topological polar surface area (TPSA) is 87.0 Å². The molecule has 102 valence electrons. The molecule has 1 aromatic heterocycles. The van der Waals surface area contributed by atoms with E-state index < -0.39 is 10.5 Å². The minimum atomic E-state index is -0.984. The van der Waals surface area contributed by atoms with Gasteiger partial charge in [0.05, 0.1) is 17.1 Å². The fourth-order valence-corrected chi connectivity index (χ4v) is 2.45. The average molecular weight is 303 g/mol. The summed E-state index contributed by atoms with van der Waals surface area (Å²) in [7, 11) is 0. The minimum absolute atomic E-state index is 0.219. The van der Waals surface area contributed by atoms with Crippen molar-refractivity contribution in [2.24, 2.45) is 5.73 Å². The maximum Gasteiger partial charge on any atom is 0.223 e. The molecular weight excluding hydrogens is 291 g/mol. The fourth-order valence-electron chi connectivity index (χ4n) is 1.90. The monoisotopic (exact) mass is 302 g/mol. The zero-order valence-corrected chi connectivity index (χ0v) is 11.6. The van der Waals surface area contributed by atoms with Crippen LogP contribution >= 0.6 is 23.2 Å². The lowest BCUT2D eigenvalue weighted by Gasteiger charge is -2.19. The number of nitro groups is 1. The predicted molar refractivity (Wildman–Crippen MR) is 74.2 cm³/mol. The van der Waals surface area contributed by atoms with Crippen molar-refractivity contribution in [2.45, 2.75) is 19.0 Å². The first-order chi connectivity index (χ1) is 8.77. The predicted octanol–water partition coefficient (Wildman–Crippen LogP) is 2.34. The van der Waals surface area contributed by atoms with Crippen LogP contribution in [0.3, 0.4) is 0 Å². The molecule has 0 bridgehead atoms. The van der Waals surface area contributed by atoms with Gasteiger partial charge in [0.1, 0.15) is 5.52 Å². The van der Waals surface area contributed by atoms with E-state index in [-0.39, 0.29) is 13.1 Å². The van der Waals surface area contributed by atoms with Gasteiger partial charge in [-0.3, -0.25) is 14.8 Å². The van der Waals surface area contributed by atoms with Crippen molar-refractivity contribution in [3.8, 4) is 0 Å². The van der Waals surface area contributed by atoms with Crippen molar-refractivity contribution < 1.29 is 4.92 Å². The van der Waals surface area contributed by atoms with Crippen LogP contribution in [0, 0.1) is 10.1 Å². The quantitative estimate of drug-likeness (QED) is 0.693. The molecule has 1 atom stereocenters. The highest BCUT2D eigenvalue weighted by Crippen LogP contribution is 2.26. The molecule has 2 N–H and O–H groups in total. The van der Waals surface area contributed by atoms with E-state index in [9.17, 15) is 10.1 Å². The van der Waals surface area contributed by atoms with Crippen molar-refractivity contribution in [2.75, 3.05) is 6.54 Å². The van der Waals surface area contributed by atoms with E-state index in [1.807, 2.05) is 0 Å². The SMILES string of the molecule is CC(N)(Cn1cc2cc(Cl)cc(Cl)c2n1)C[N+](=O)[O-]. The van der Waals surface area contributed by atoms with Crippen molar-refractivity contribution >= 4 is 34.1 Å². The van der Waals surface area contributed by atoms with Gasteiger partial charge in [0.15, 0.2) is 0 Å². The summed E-state index contributed by atoms with van der Waals surface area (Å²) in [6.07, 6.45) is 1.72. The Morgan fingerprint density at radius 2 is 2.21 bits per heavy atom. The van der Waals surface area contributed by atoms with E-state index in [1.165, 1.54) is 0 Å². The molecule has 0 fully saturated rings. The van der Waals surface area contributed by atoms with Gasteiger partial charge in [0.25, 0.3) is 0 Å². The molecular formula is C11H12Cl2N4O2. The van der Waals surface area contributed by atoms with Crippen molar-refractivity contribution in [3.05, 3.63) is 38.5 Å². The number of nitrogens with zero attached hydrogens (tertiary/aromatic N) is 3. The van der Waals surface area contributed by atoms with Gasteiger partial charge in [0.2, 0.25) is 6.54 Å². The van der Waals surface area contributed by atoms with Crippen LogP contribution in [0.4, 0.5) is 0 Å². The summed E-state index contributed by atoms with van der Waals surface area (Å²) in [4.78, 5) is 10.1. The molecule has 2 rings (SSSR count). The minimum Gasteiger partial charge on any atom is -0.318 e. The van der Waals surface area contributed by atoms with E-state index in [4.69, 9.17) is 28.9 Å². The van der Waals surface area contributed by atoms with Gasteiger partial charge in [-0.25, -0.2) is 0 Å². The Bertz CT molecular complexity index is 639. The second kappa shape index (κ2) is 4.96. The van der Waals surface area contributed by atoms with Crippen molar-refractivity contribution in [1.29, 1.82) is 0 Å². The number of hydrogen-bond acceptors (Lipinski definition) is 4. The standard InChI is InChI=1S/C11H12Cl2N4O2/c1-11(14,6-17(18)19)5-16-4-7-2-8(12)3-9(13)10(7)15-16/h2-4H,5-6,14H2,1H3. The molecule has 6 nitrogen and oxygen atoms in total. The van der Waals surface area contributed by atoms with Gasteiger partial charge >= 0.3 is 0 Å². The third-order valence-corrected chi connectivity index (χ3v) is 3.09. The first-order valence-electron chi connectivity index (χ1n) is 5.50. The summed E-state index contributed by atoms with van der Waals surface area (Å²) in [5.41, 5.74) is 5.49.